The Morgan fingerprint density at radius 3 is 3.00 bits per heavy atom. The summed E-state index contributed by atoms with van der Waals surface area (Å²) in [6, 6.07) is 12.0. The van der Waals surface area contributed by atoms with Crippen molar-refractivity contribution in [3.63, 3.8) is 0 Å². The Morgan fingerprint density at radius 1 is 1.24 bits per heavy atom. The normalized spacial score (nSPS) is 17.1. The lowest BCUT2D eigenvalue weighted by Crippen LogP contribution is -2.08. The van der Waals surface area contributed by atoms with Crippen LogP contribution in [0.25, 0.3) is 10.9 Å². The van der Waals surface area contributed by atoms with Crippen molar-refractivity contribution in [2.24, 2.45) is 0 Å². The molecule has 104 valence electrons. The molecule has 0 saturated carbocycles. The summed E-state index contributed by atoms with van der Waals surface area (Å²) in [7, 11) is 0. The second-order valence-corrected chi connectivity index (χ2v) is 5.86. The Balaban J connectivity index is 1.84. The van der Waals surface area contributed by atoms with Crippen LogP contribution in [0.2, 0.25) is 5.02 Å². The van der Waals surface area contributed by atoms with Crippen LogP contribution in [0.4, 0.5) is 0 Å². The number of carbonyl (C=O) groups is 1. The van der Waals surface area contributed by atoms with Crippen LogP contribution < -0.4 is 0 Å². The van der Waals surface area contributed by atoms with Crippen LogP contribution in [-0.4, -0.2) is 16.1 Å². The standard InChI is InChI=1S/C17H13ClN2O/c18-14-3-4-15-12(8-14)2-6-17(15)20-16-5-1-11(10-21)7-13(16)9-19-20/h1,3-5,7-10,17H,2,6H2/t17-/m0/s1. The van der Waals surface area contributed by atoms with Crippen molar-refractivity contribution in [3.8, 4) is 0 Å². The maximum Gasteiger partial charge on any atom is 0.150 e. The molecule has 1 aromatic heterocycles. The van der Waals surface area contributed by atoms with Gasteiger partial charge in [0, 0.05) is 16.0 Å². The fourth-order valence-corrected chi connectivity index (χ4v) is 3.41. The zero-order valence-electron chi connectivity index (χ0n) is 11.3. The number of nitrogens with zero attached hydrogens (tertiary/aromatic N) is 2. The van der Waals surface area contributed by atoms with E-state index in [4.69, 9.17) is 11.6 Å². The number of halogens is 1. The van der Waals surface area contributed by atoms with Crippen LogP contribution in [0.1, 0.15) is 33.9 Å². The maximum absolute atomic E-state index is 10.9. The number of hydrogen-bond acceptors (Lipinski definition) is 2. The fourth-order valence-electron chi connectivity index (χ4n) is 3.21. The van der Waals surface area contributed by atoms with Crippen LogP contribution in [-0.2, 0) is 6.42 Å². The highest BCUT2D eigenvalue weighted by molar-refractivity contribution is 6.30. The number of carbonyl (C=O) groups excluding carboxylic acids is 1. The van der Waals surface area contributed by atoms with Crippen LogP contribution in [0, 0.1) is 0 Å². The molecule has 0 aliphatic heterocycles. The Labute approximate surface area is 127 Å². The smallest absolute Gasteiger partial charge is 0.150 e. The van der Waals surface area contributed by atoms with Gasteiger partial charge >= 0.3 is 0 Å². The fraction of sp³-hybridized carbons (Fsp3) is 0.176. The van der Waals surface area contributed by atoms with Crippen LogP contribution in [0.3, 0.4) is 0 Å². The zero-order valence-corrected chi connectivity index (χ0v) is 12.0. The minimum Gasteiger partial charge on any atom is -0.298 e. The highest BCUT2D eigenvalue weighted by Crippen LogP contribution is 2.37. The maximum atomic E-state index is 10.9. The Bertz CT molecular complexity index is 853. The van der Waals surface area contributed by atoms with Crippen molar-refractivity contribution < 1.29 is 4.79 Å². The number of aromatic nitrogens is 2. The lowest BCUT2D eigenvalue weighted by molar-refractivity contribution is 0.112. The first-order chi connectivity index (χ1) is 10.3. The minimum atomic E-state index is 0.247. The van der Waals surface area contributed by atoms with Crippen molar-refractivity contribution >= 4 is 28.8 Å². The summed E-state index contributed by atoms with van der Waals surface area (Å²) in [5, 5.41) is 6.33. The molecular weight excluding hydrogens is 284 g/mol. The van der Waals surface area contributed by atoms with Crippen molar-refractivity contribution in [3.05, 3.63) is 64.3 Å². The Kier molecular flexibility index (Phi) is 2.82. The first kappa shape index (κ1) is 12.6. The van der Waals surface area contributed by atoms with E-state index in [1.54, 1.807) is 0 Å². The SMILES string of the molecule is O=Cc1ccc2c(cnn2[C@H]2CCc3cc(Cl)ccc32)c1. The molecule has 1 aliphatic carbocycles. The van der Waals surface area contributed by atoms with Gasteiger partial charge in [0.05, 0.1) is 17.8 Å². The van der Waals surface area contributed by atoms with E-state index in [2.05, 4.69) is 15.8 Å². The summed E-state index contributed by atoms with van der Waals surface area (Å²) in [5.41, 5.74) is 4.35. The highest BCUT2D eigenvalue weighted by atomic mass is 35.5. The molecular formula is C17H13ClN2O. The number of hydrogen-bond donors (Lipinski definition) is 0. The lowest BCUT2D eigenvalue weighted by atomic mass is 10.1. The van der Waals surface area contributed by atoms with Gasteiger partial charge in [-0.05, 0) is 54.3 Å². The molecule has 0 radical (unpaired) electrons. The Hall–Kier alpha value is -2.13. The molecule has 21 heavy (non-hydrogen) atoms. The molecule has 0 saturated heterocycles. The average molecular weight is 297 g/mol. The van der Waals surface area contributed by atoms with Gasteiger partial charge in [-0.15, -0.1) is 0 Å². The summed E-state index contributed by atoms with van der Waals surface area (Å²) in [6.07, 6.45) is 4.75. The third-order valence-corrected chi connectivity index (χ3v) is 4.44. The van der Waals surface area contributed by atoms with Gasteiger partial charge in [-0.3, -0.25) is 9.48 Å². The van der Waals surface area contributed by atoms with Gasteiger partial charge in [0.1, 0.15) is 6.29 Å². The summed E-state index contributed by atoms with van der Waals surface area (Å²) in [6.45, 7) is 0. The number of benzene rings is 2. The van der Waals surface area contributed by atoms with Crippen LogP contribution in [0.15, 0.2) is 42.6 Å². The summed E-state index contributed by atoms with van der Waals surface area (Å²) in [5.74, 6) is 0. The predicted octanol–water partition coefficient (Wildman–Crippen LogP) is 4.04. The van der Waals surface area contributed by atoms with Gasteiger partial charge in [0.2, 0.25) is 0 Å². The van der Waals surface area contributed by atoms with E-state index in [0.717, 1.165) is 35.1 Å². The average Bonchev–Trinajstić information content (AvgIpc) is 3.09. The molecule has 4 heteroatoms. The summed E-state index contributed by atoms with van der Waals surface area (Å²) >= 11 is 6.07. The number of aldehydes is 1. The Morgan fingerprint density at radius 2 is 2.14 bits per heavy atom. The third-order valence-electron chi connectivity index (χ3n) is 4.20. The van der Waals surface area contributed by atoms with E-state index in [-0.39, 0.29) is 6.04 Å². The molecule has 0 N–H and O–H groups in total. The first-order valence-corrected chi connectivity index (χ1v) is 7.35. The topological polar surface area (TPSA) is 34.9 Å². The molecule has 2 aromatic carbocycles. The van der Waals surface area contributed by atoms with Crippen molar-refractivity contribution in [1.29, 1.82) is 0 Å². The molecule has 1 atom stereocenters. The van der Waals surface area contributed by atoms with Crippen molar-refractivity contribution in [2.45, 2.75) is 18.9 Å². The van der Waals surface area contributed by atoms with Gasteiger partial charge in [0.15, 0.2) is 0 Å². The molecule has 0 fully saturated rings. The van der Waals surface area contributed by atoms with E-state index < -0.39 is 0 Å². The van der Waals surface area contributed by atoms with E-state index >= 15 is 0 Å². The van der Waals surface area contributed by atoms with Crippen molar-refractivity contribution in [2.75, 3.05) is 0 Å². The molecule has 0 spiro atoms. The van der Waals surface area contributed by atoms with E-state index in [1.807, 2.05) is 36.5 Å². The van der Waals surface area contributed by atoms with Crippen molar-refractivity contribution in [1.82, 2.24) is 9.78 Å². The highest BCUT2D eigenvalue weighted by Gasteiger charge is 2.25. The largest absolute Gasteiger partial charge is 0.298 e. The molecule has 0 amide bonds. The first-order valence-electron chi connectivity index (χ1n) is 6.97. The second-order valence-electron chi connectivity index (χ2n) is 5.42. The van der Waals surface area contributed by atoms with Crippen LogP contribution in [0.5, 0.6) is 0 Å². The second kappa shape index (κ2) is 4.71. The van der Waals surface area contributed by atoms with E-state index in [0.29, 0.717) is 5.56 Å². The minimum absolute atomic E-state index is 0.247. The van der Waals surface area contributed by atoms with Gasteiger partial charge in [-0.1, -0.05) is 17.7 Å². The monoisotopic (exact) mass is 296 g/mol. The summed E-state index contributed by atoms with van der Waals surface area (Å²) in [4.78, 5) is 10.9. The number of fused-ring (bicyclic) bond motifs is 2. The molecule has 0 unspecified atom stereocenters. The van der Waals surface area contributed by atoms with Gasteiger partial charge in [0.25, 0.3) is 0 Å². The molecule has 3 aromatic rings. The molecule has 3 nitrogen and oxygen atoms in total. The molecule has 4 rings (SSSR count). The summed E-state index contributed by atoms with van der Waals surface area (Å²) < 4.78 is 2.06. The molecule has 0 bridgehead atoms. The third kappa shape index (κ3) is 1.96. The number of aryl methyl sites for hydroxylation is 1. The van der Waals surface area contributed by atoms with E-state index in [1.165, 1.54) is 11.1 Å². The molecule has 1 aliphatic rings. The predicted molar refractivity (Wildman–Crippen MR) is 83.0 cm³/mol. The van der Waals surface area contributed by atoms with Crippen LogP contribution >= 0.6 is 11.6 Å². The van der Waals surface area contributed by atoms with Gasteiger partial charge in [-0.2, -0.15) is 5.10 Å². The van der Waals surface area contributed by atoms with Gasteiger partial charge in [-0.25, -0.2) is 0 Å². The zero-order chi connectivity index (χ0) is 14.4. The quantitative estimate of drug-likeness (QED) is 0.669. The van der Waals surface area contributed by atoms with E-state index in [9.17, 15) is 4.79 Å². The lowest BCUT2D eigenvalue weighted by Gasteiger charge is -2.14. The molecule has 1 heterocycles. The van der Waals surface area contributed by atoms with Gasteiger partial charge < -0.3 is 0 Å². The number of rotatable bonds is 2.